The zero-order valence-corrected chi connectivity index (χ0v) is 16.9. The maximum Gasteiger partial charge on any atom is 0.348 e. The molecule has 0 atom stereocenters. The predicted octanol–water partition coefficient (Wildman–Crippen LogP) is 3.38. The smallest absolute Gasteiger partial charge is 0.348 e. The van der Waals surface area contributed by atoms with Gasteiger partial charge in [0.1, 0.15) is 15.6 Å². The van der Waals surface area contributed by atoms with E-state index in [9.17, 15) is 14.4 Å². The van der Waals surface area contributed by atoms with Crippen molar-refractivity contribution < 1.29 is 23.9 Å². The zero-order valence-electron chi connectivity index (χ0n) is 16.1. The van der Waals surface area contributed by atoms with E-state index in [2.05, 4.69) is 5.32 Å². The van der Waals surface area contributed by atoms with Crippen molar-refractivity contribution in [3.05, 3.63) is 51.9 Å². The molecule has 0 unspecified atom stereocenters. The number of primary amides is 1. The van der Waals surface area contributed by atoms with E-state index in [0.717, 1.165) is 16.9 Å². The van der Waals surface area contributed by atoms with Gasteiger partial charge in [0.25, 0.3) is 5.91 Å². The summed E-state index contributed by atoms with van der Waals surface area (Å²) in [5.41, 5.74) is 6.72. The molecule has 2 rings (SSSR count). The van der Waals surface area contributed by atoms with Crippen LogP contribution in [0.25, 0.3) is 6.08 Å². The average Bonchev–Trinajstić information content (AvgIpc) is 2.96. The van der Waals surface area contributed by atoms with Gasteiger partial charge in [-0.15, -0.1) is 11.3 Å². The van der Waals surface area contributed by atoms with E-state index in [1.165, 1.54) is 6.08 Å². The quantitative estimate of drug-likeness (QED) is 0.545. The topological polar surface area (TPSA) is 108 Å². The fraction of sp³-hybridized carbons (Fsp3) is 0.250. The lowest BCUT2D eigenvalue weighted by Gasteiger charge is -2.06. The average molecular weight is 402 g/mol. The number of thiophene rings is 1. The molecule has 1 aromatic carbocycles. The number of rotatable bonds is 7. The van der Waals surface area contributed by atoms with Gasteiger partial charge in [-0.1, -0.05) is 12.1 Å². The minimum atomic E-state index is -0.730. The second kappa shape index (κ2) is 9.18. The van der Waals surface area contributed by atoms with E-state index in [0.29, 0.717) is 11.3 Å². The molecule has 2 aromatic rings. The third-order valence-corrected chi connectivity index (χ3v) is 4.89. The second-order valence-corrected chi connectivity index (χ2v) is 7.19. The lowest BCUT2D eigenvalue weighted by molar-refractivity contribution is -0.111. The number of amides is 2. The summed E-state index contributed by atoms with van der Waals surface area (Å²) in [5, 5.41) is 2.83. The van der Waals surface area contributed by atoms with Gasteiger partial charge in [0.05, 0.1) is 18.8 Å². The third-order valence-electron chi connectivity index (χ3n) is 3.70. The van der Waals surface area contributed by atoms with Crippen LogP contribution in [0.2, 0.25) is 0 Å². The lowest BCUT2D eigenvalue weighted by Crippen LogP contribution is -2.16. The molecule has 148 valence electrons. The van der Waals surface area contributed by atoms with Crippen molar-refractivity contribution in [2.75, 3.05) is 12.4 Å². The molecule has 0 saturated carbocycles. The summed E-state index contributed by atoms with van der Waals surface area (Å²) >= 11 is 0.962. The van der Waals surface area contributed by atoms with Gasteiger partial charge < -0.3 is 20.5 Å². The monoisotopic (exact) mass is 402 g/mol. The van der Waals surface area contributed by atoms with Crippen LogP contribution in [0, 0.1) is 6.92 Å². The van der Waals surface area contributed by atoms with Crippen molar-refractivity contribution in [1.82, 2.24) is 0 Å². The molecule has 0 spiro atoms. The Morgan fingerprint density at radius 2 is 1.82 bits per heavy atom. The summed E-state index contributed by atoms with van der Waals surface area (Å²) < 4.78 is 10.3. The second-order valence-electron chi connectivity index (χ2n) is 6.17. The summed E-state index contributed by atoms with van der Waals surface area (Å²) in [5.74, 6) is -1.04. The molecule has 2 amide bonds. The number of esters is 1. The molecular weight excluding hydrogens is 380 g/mol. The van der Waals surface area contributed by atoms with Crippen molar-refractivity contribution in [1.29, 1.82) is 0 Å². The van der Waals surface area contributed by atoms with Crippen LogP contribution in [-0.4, -0.2) is 31.0 Å². The third kappa shape index (κ3) is 5.20. The number of ether oxygens (including phenoxy) is 2. The van der Waals surface area contributed by atoms with Crippen LogP contribution in [0.4, 0.5) is 5.00 Å². The molecule has 0 fully saturated rings. The van der Waals surface area contributed by atoms with Crippen LogP contribution in [-0.2, 0) is 9.53 Å². The van der Waals surface area contributed by atoms with Gasteiger partial charge in [0, 0.05) is 6.08 Å². The van der Waals surface area contributed by atoms with Crippen LogP contribution >= 0.6 is 11.3 Å². The number of hydrogen-bond acceptors (Lipinski definition) is 6. The van der Waals surface area contributed by atoms with Gasteiger partial charge in [-0.05, 0) is 50.1 Å². The molecule has 1 heterocycles. The van der Waals surface area contributed by atoms with Crippen LogP contribution in [0.3, 0.4) is 0 Å². The number of nitrogens with one attached hydrogen (secondary N) is 1. The highest BCUT2D eigenvalue weighted by Crippen LogP contribution is 2.33. The van der Waals surface area contributed by atoms with Crippen LogP contribution in [0.5, 0.6) is 5.75 Å². The molecule has 0 bridgehead atoms. The number of carbonyl (C=O) groups is 3. The molecule has 0 aliphatic heterocycles. The highest BCUT2D eigenvalue weighted by Gasteiger charge is 2.25. The SMILES string of the molecule is COc1ccc(/C=C/C(=O)Nc2sc(C(=O)OC(C)C)c(C)c2C(N)=O)cc1. The van der Waals surface area contributed by atoms with Gasteiger partial charge in [-0.25, -0.2) is 4.79 Å². The summed E-state index contributed by atoms with van der Waals surface area (Å²) in [6.45, 7) is 5.04. The van der Waals surface area contributed by atoms with Gasteiger partial charge in [0.15, 0.2) is 0 Å². The largest absolute Gasteiger partial charge is 0.497 e. The van der Waals surface area contributed by atoms with Gasteiger partial charge in [-0.2, -0.15) is 0 Å². The van der Waals surface area contributed by atoms with Crippen molar-refractivity contribution >= 4 is 40.2 Å². The highest BCUT2D eigenvalue weighted by molar-refractivity contribution is 7.18. The summed E-state index contributed by atoms with van der Waals surface area (Å²) in [7, 11) is 1.57. The first-order valence-corrected chi connectivity index (χ1v) is 9.31. The van der Waals surface area contributed by atoms with Crippen molar-refractivity contribution in [2.45, 2.75) is 26.9 Å². The Kier molecular flexibility index (Phi) is 6.94. The Balaban J connectivity index is 2.21. The van der Waals surface area contributed by atoms with Crippen LogP contribution < -0.4 is 15.8 Å². The molecule has 0 saturated heterocycles. The fourth-order valence-corrected chi connectivity index (χ4v) is 3.50. The minimum Gasteiger partial charge on any atom is -0.497 e. The molecule has 0 aliphatic carbocycles. The molecule has 3 N–H and O–H groups in total. The van der Waals surface area contributed by atoms with Crippen molar-refractivity contribution in [3.8, 4) is 5.75 Å². The van der Waals surface area contributed by atoms with E-state index < -0.39 is 17.8 Å². The molecule has 1 aromatic heterocycles. The molecular formula is C20H22N2O5S. The minimum absolute atomic E-state index is 0.104. The maximum absolute atomic E-state index is 12.3. The number of methoxy groups -OCH3 is 1. The first-order chi connectivity index (χ1) is 13.2. The van der Waals surface area contributed by atoms with E-state index in [1.54, 1.807) is 58.2 Å². The van der Waals surface area contributed by atoms with E-state index in [4.69, 9.17) is 15.2 Å². The zero-order chi connectivity index (χ0) is 20.8. The van der Waals surface area contributed by atoms with Gasteiger partial charge >= 0.3 is 5.97 Å². The lowest BCUT2D eigenvalue weighted by atomic mass is 10.1. The molecule has 8 heteroatoms. The number of hydrogen-bond donors (Lipinski definition) is 2. The first kappa shape index (κ1) is 21.2. The van der Waals surface area contributed by atoms with E-state index in [-0.39, 0.29) is 21.5 Å². The van der Waals surface area contributed by atoms with Gasteiger partial charge in [0.2, 0.25) is 5.91 Å². The Morgan fingerprint density at radius 3 is 2.36 bits per heavy atom. The van der Waals surface area contributed by atoms with Crippen LogP contribution in [0.1, 0.15) is 45.0 Å². The molecule has 7 nitrogen and oxygen atoms in total. The molecule has 0 radical (unpaired) electrons. The fourth-order valence-electron chi connectivity index (χ4n) is 2.40. The number of nitrogens with two attached hydrogens (primary N) is 1. The van der Waals surface area contributed by atoms with Crippen molar-refractivity contribution in [2.24, 2.45) is 5.73 Å². The number of benzene rings is 1. The Morgan fingerprint density at radius 1 is 1.18 bits per heavy atom. The van der Waals surface area contributed by atoms with Gasteiger partial charge in [-0.3, -0.25) is 9.59 Å². The summed E-state index contributed by atoms with van der Waals surface area (Å²) in [4.78, 5) is 36.5. The normalized spacial score (nSPS) is 10.9. The predicted molar refractivity (Wildman–Crippen MR) is 109 cm³/mol. The van der Waals surface area contributed by atoms with Crippen LogP contribution in [0.15, 0.2) is 30.3 Å². The van der Waals surface area contributed by atoms with E-state index in [1.807, 2.05) is 0 Å². The Bertz CT molecular complexity index is 913. The van der Waals surface area contributed by atoms with Crippen molar-refractivity contribution in [3.63, 3.8) is 0 Å². The van der Waals surface area contributed by atoms with E-state index >= 15 is 0 Å². The Labute approximate surface area is 167 Å². The number of anilines is 1. The highest BCUT2D eigenvalue weighted by atomic mass is 32.1. The molecule has 28 heavy (non-hydrogen) atoms. The molecule has 0 aliphatic rings. The standard InChI is InChI=1S/C20H22N2O5S/c1-11(2)27-20(25)17-12(3)16(18(21)24)19(28-17)22-15(23)10-7-13-5-8-14(26-4)9-6-13/h5-11H,1-4H3,(H2,21,24)(H,22,23)/b10-7+. The summed E-state index contributed by atoms with van der Waals surface area (Å²) in [6, 6.07) is 7.15. The number of carbonyl (C=O) groups excluding carboxylic acids is 3. The maximum atomic E-state index is 12.3. The first-order valence-electron chi connectivity index (χ1n) is 8.50. The Hall–Kier alpha value is -3.13. The summed E-state index contributed by atoms with van der Waals surface area (Å²) in [6.07, 6.45) is 2.64.